The van der Waals surface area contributed by atoms with Gasteiger partial charge in [0.05, 0.1) is 12.6 Å². The maximum atomic E-state index is 9.85. The Balaban J connectivity index is 1.32. The van der Waals surface area contributed by atoms with Crippen molar-refractivity contribution in [2.75, 3.05) is 18.0 Å². The van der Waals surface area contributed by atoms with Gasteiger partial charge < -0.3 is 9.64 Å². The lowest BCUT2D eigenvalue weighted by molar-refractivity contribution is -0.0195. The monoisotopic (exact) mass is 633 g/mol. The summed E-state index contributed by atoms with van der Waals surface area (Å²) >= 11 is 0. The summed E-state index contributed by atoms with van der Waals surface area (Å²) in [4.78, 5) is 6.27. The van der Waals surface area contributed by atoms with Gasteiger partial charge in [-0.2, -0.15) is 0 Å². The first-order valence-corrected chi connectivity index (χ1v) is 21.9. The van der Waals surface area contributed by atoms with Crippen LogP contribution in [0.15, 0.2) is 53.1 Å². The Bertz CT molecular complexity index is 1530. The van der Waals surface area contributed by atoms with Gasteiger partial charge in [0.15, 0.2) is 0 Å². The molecule has 3 heterocycles. The van der Waals surface area contributed by atoms with E-state index in [9.17, 15) is 5.26 Å². The third kappa shape index (κ3) is 6.42. The molecule has 2 bridgehead atoms. The fourth-order valence-electron chi connectivity index (χ4n) is 9.35. The van der Waals surface area contributed by atoms with E-state index in [0.717, 1.165) is 37.3 Å². The molecule has 1 atom stereocenters. The van der Waals surface area contributed by atoms with E-state index >= 15 is 0 Å². The van der Waals surface area contributed by atoms with Crippen molar-refractivity contribution in [2.24, 2.45) is 10.8 Å². The number of ether oxygens (including phenoxy) is 1. The van der Waals surface area contributed by atoms with E-state index in [1.807, 2.05) is 12.2 Å². The molecule has 0 aromatic heterocycles. The standard InChI is InChI=1S/C41H55N3OSi/c1-8-9-10-14-40-15-18-41(19-16-40,20-17-40)37-27-32(36(28-42)43-4)26-33(45-37)12-11-30-24-34-31(29-46(5,6)7)13-22-44-23-21-39(2,3)35(25-30)38(34)44/h11-12,24-27,31H,8-10,13-23,29H2,1-3,5-7H3/b12-11+,36-32+. The molecule has 3 saturated carbocycles. The highest BCUT2D eigenvalue weighted by atomic mass is 28.3. The molecule has 0 N–H and O–H groups in total. The zero-order valence-electron chi connectivity index (χ0n) is 29.4. The quantitative estimate of drug-likeness (QED) is 0.118. The zero-order valence-corrected chi connectivity index (χ0v) is 30.4. The van der Waals surface area contributed by atoms with Gasteiger partial charge in [-0.25, -0.2) is 10.1 Å². The Labute approximate surface area is 280 Å². The number of rotatable bonds is 9. The largest absolute Gasteiger partial charge is 0.461 e. The maximum Gasteiger partial charge on any atom is 0.269 e. The van der Waals surface area contributed by atoms with Gasteiger partial charge in [-0.15, -0.1) is 0 Å². The molecule has 3 aliphatic heterocycles. The van der Waals surface area contributed by atoms with Gasteiger partial charge in [-0.1, -0.05) is 71.8 Å². The van der Waals surface area contributed by atoms with E-state index < -0.39 is 8.07 Å². The normalized spacial score (nSPS) is 29.3. The summed E-state index contributed by atoms with van der Waals surface area (Å²) < 4.78 is 6.78. The summed E-state index contributed by atoms with van der Waals surface area (Å²) in [5.74, 6) is 2.35. The van der Waals surface area contributed by atoms with Crippen LogP contribution in [0.4, 0.5) is 5.69 Å². The number of nitriles is 1. The predicted octanol–water partition coefficient (Wildman–Crippen LogP) is 11.4. The first-order chi connectivity index (χ1) is 21.9. The van der Waals surface area contributed by atoms with Crippen LogP contribution in [0.5, 0.6) is 0 Å². The van der Waals surface area contributed by atoms with E-state index in [-0.39, 0.29) is 16.5 Å². The molecule has 1 aromatic rings. The van der Waals surface area contributed by atoms with Gasteiger partial charge in [0, 0.05) is 32.3 Å². The minimum atomic E-state index is -1.24. The molecule has 4 nitrogen and oxygen atoms in total. The van der Waals surface area contributed by atoms with Crippen molar-refractivity contribution in [3.63, 3.8) is 0 Å². The van der Waals surface area contributed by atoms with E-state index in [2.05, 4.69) is 80.5 Å². The van der Waals surface area contributed by atoms with Crippen molar-refractivity contribution >= 4 is 19.8 Å². The Hall–Kier alpha value is -3.02. The summed E-state index contributed by atoms with van der Waals surface area (Å²) in [5.41, 5.74) is 7.30. The second-order valence-electron chi connectivity index (χ2n) is 17.1. The first kappa shape index (κ1) is 32.9. The van der Waals surface area contributed by atoms with Gasteiger partial charge in [0.25, 0.3) is 5.70 Å². The highest BCUT2D eigenvalue weighted by Crippen LogP contribution is 2.62. The van der Waals surface area contributed by atoms with Gasteiger partial charge in [-0.05, 0) is 127 Å². The smallest absolute Gasteiger partial charge is 0.269 e. The van der Waals surface area contributed by atoms with Crippen LogP contribution in [0.1, 0.15) is 120 Å². The van der Waals surface area contributed by atoms with Crippen LogP contribution in [-0.4, -0.2) is 21.2 Å². The number of fused-ring (bicyclic) bond motifs is 3. The van der Waals surface area contributed by atoms with Crippen LogP contribution in [0.2, 0.25) is 25.7 Å². The van der Waals surface area contributed by atoms with Crippen LogP contribution in [0.25, 0.3) is 10.9 Å². The highest BCUT2D eigenvalue weighted by molar-refractivity contribution is 6.76. The molecule has 0 amide bonds. The average molecular weight is 634 g/mol. The fraction of sp³-hybridized carbons (Fsp3) is 0.610. The molecule has 0 saturated heterocycles. The Kier molecular flexibility index (Phi) is 8.97. The minimum Gasteiger partial charge on any atom is -0.461 e. The van der Waals surface area contributed by atoms with Crippen molar-refractivity contribution in [1.29, 1.82) is 5.26 Å². The molecule has 5 heteroatoms. The molecule has 244 valence electrons. The van der Waals surface area contributed by atoms with Gasteiger partial charge in [-0.3, -0.25) is 0 Å². The summed E-state index contributed by atoms with van der Waals surface area (Å²) in [7, 11) is -1.24. The van der Waals surface area contributed by atoms with Gasteiger partial charge in [0.1, 0.15) is 11.5 Å². The molecule has 46 heavy (non-hydrogen) atoms. The Morgan fingerprint density at radius 2 is 1.78 bits per heavy atom. The van der Waals surface area contributed by atoms with Crippen molar-refractivity contribution in [1.82, 2.24) is 0 Å². The SMILES string of the molecule is [C-]#[N+]/C(C#N)=C1C=C(/C=C/c2cc3c4c(c2)C(C)(C)CCN4CCC3C[Si](C)(C)C)OC(C23CCC(CCCCC)(CC2)CC3)=C\1. The summed E-state index contributed by atoms with van der Waals surface area (Å²) in [6.45, 7) is 24.7. The molecular formula is C41H55N3OSi. The number of hydrogen-bond acceptors (Lipinski definition) is 3. The number of hydrogen-bond donors (Lipinski definition) is 0. The molecule has 0 radical (unpaired) electrons. The molecular weight excluding hydrogens is 579 g/mol. The second-order valence-corrected chi connectivity index (χ2v) is 22.7. The molecule has 7 rings (SSSR count). The number of nitrogens with zero attached hydrogens (tertiary/aromatic N) is 3. The average Bonchev–Trinajstić information content (AvgIpc) is 3.03. The lowest BCUT2D eigenvalue weighted by Crippen LogP contribution is -2.43. The van der Waals surface area contributed by atoms with Crippen molar-refractivity contribution < 1.29 is 4.74 Å². The minimum absolute atomic E-state index is 0.0151. The highest BCUT2D eigenvalue weighted by Gasteiger charge is 2.51. The van der Waals surface area contributed by atoms with E-state index in [0.29, 0.717) is 16.9 Å². The van der Waals surface area contributed by atoms with Crippen LogP contribution >= 0.6 is 0 Å². The maximum absolute atomic E-state index is 9.85. The van der Waals surface area contributed by atoms with E-state index in [1.165, 1.54) is 87.2 Å². The van der Waals surface area contributed by atoms with Crippen LogP contribution in [-0.2, 0) is 10.2 Å². The number of allylic oxidation sites excluding steroid dienone is 6. The number of anilines is 1. The van der Waals surface area contributed by atoms with Crippen molar-refractivity contribution in [2.45, 2.75) is 135 Å². The summed E-state index contributed by atoms with van der Waals surface area (Å²) in [6, 6.07) is 8.37. The lowest BCUT2D eigenvalue weighted by atomic mass is 9.52. The zero-order chi connectivity index (χ0) is 32.7. The van der Waals surface area contributed by atoms with Gasteiger partial charge in [0.2, 0.25) is 0 Å². The number of unbranched alkanes of at least 4 members (excludes halogenated alkanes) is 2. The molecule has 6 aliphatic rings. The summed E-state index contributed by atoms with van der Waals surface area (Å²) in [6.07, 6.45) is 23.3. The predicted molar refractivity (Wildman–Crippen MR) is 194 cm³/mol. The molecule has 0 spiro atoms. The fourth-order valence-corrected chi connectivity index (χ4v) is 11.3. The number of benzene rings is 1. The second kappa shape index (κ2) is 12.5. The van der Waals surface area contributed by atoms with Crippen molar-refractivity contribution in [3.05, 3.63) is 81.3 Å². The first-order valence-electron chi connectivity index (χ1n) is 18.1. The molecule has 3 fully saturated rings. The van der Waals surface area contributed by atoms with E-state index in [4.69, 9.17) is 11.3 Å². The third-order valence-electron chi connectivity index (χ3n) is 12.2. The topological polar surface area (TPSA) is 40.6 Å². The molecule has 1 unspecified atom stereocenters. The van der Waals surface area contributed by atoms with Crippen LogP contribution in [0.3, 0.4) is 0 Å². The summed E-state index contributed by atoms with van der Waals surface area (Å²) in [5, 5.41) is 9.85. The Morgan fingerprint density at radius 3 is 2.43 bits per heavy atom. The van der Waals surface area contributed by atoms with Crippen LogP contribution < -0.4 is 4.90 Å². The molecule has 1 aromatic carbocycles. The lowest BCUT2D eigenvalue weighted by Gasteiger charge is -2.54. The van der Waals surface area contributed by atoms with Gasteiger partial charge >= 0.3 is 0 Å². The molecule has 3 aliphatic carbocycles. The Morgan fingerprint density at radius 1 is 1.04 bits per heavy atom. The third-order valence-corrected chi connectivity index (χ3v) is 14.0. The van der Waals surface area contributed by atoms with Crippen LogP contribution in [0, 0.1) is 28.7 Å². The van der Waals surface area contributed by atoms with Crippen molar-refractivity contribution in [3.8, 4) is 6.07 Å². The van der Waals surface area contributed by atoms with E-state index in [1.54, 1.807) is 5.56 Å².